The van der Waals surface area contributed by atoms with E-state index < -0.39 is 20.5 Å². The van der Waals surface area contributed by atoms with Gasteiger partial charge in [-0.3, -0.25) is 0 Å². The Hall–Kier alpha value is -0.910. The molecule has 0 heterocycles. The smallest absolute Gasteiger partial charge is 0.154 e. The van der Waals surface area contributed by atoms with Crippen LogP contribution < -0.4 is 5.73 Å². The van der Waals surface area contributed by atoms with Crippen molar-refractivity contribution in [2.45, 2.75) is 31.9 Å². The van der Waals surface area contributed by atoms with Crippen molar-refractivity contribution in [2.24, 2.45) is 11.1 Å². The Bertz CT molecular complexity index is 582. The van der Waals surface area contributed by atoms with Gasteiger partial charge in [-0.25, -0.2) is 8.42 Å². The van der Waals surface area contributed by atoms with Gasteiger partial charge < -0.3 is 10.5 Å². The molecule has 0 bridgehead atoms. The SMILES string of the molecule is CCOC[C@@]1(CN)[C@H](c2ccc(C)cc2)[C@@H]1S(=O)(=O)CC. The fraction of sp³-hybridized carbons (Fsp3) is 0.625. The highest BCUT2D eigenvalue weighted by molar-refractivity contribution is 7.92. The zero-order valence-electron chi connectivity index (χ0n) is 13.0. The molecule has 1 aliphatic carbocycles. The first kappa shape index (κ1) is 16.5. The number of rotatable bonds is 7. The van der Waals surface area contributed by atoms with E-state index in [1.165, 1.54) is 0 Å². The fourth-order valence-electron chi connectivity index (χ4n) is 3.24. The third-order valence-corrected chi connectivity index (χ3v) is 6.88. The van der Waals surface area contributed by atoms with Gasteiger partial charge in [0.2, 0.25) is 0 Å². The van der Waals surface area contributed by atoms with E-state index in [0.717, 1.165) is 11.1 Å². The molecule has 0 spiro atoms. The Kier molecular flexibility index (Phi) is 4.76. The molecule has 1 fully saturated rings. The summed E-state index contributed by atoms with van der Waals surface area (Å²) >= 11 is 0. The van der Waals surface area contributed by atoms with Crippen LogP contribution in [0.1, 0.15) is 30.9 Å². The summed E-state index contributed by atoms with van der Waals surface area (Å²) in [5.41, 5.74) is 7.71. The number of nitrogens with two attached hydrogens (primary N) is 1. The summed E-state index contributed by atoms with van der Waals surface area (Å²) < 4.78 is 30.4. The highest BCUT2D eigenvalue weighted by Gasteiger charge is 2.69. The van der Waals surface area contributed by atoms with E-state index in [0.29, 0.717) is 19.8 Å². The first-order valence-corrected chi connectivity index (χ1v) is 9.20. The van der Waals surface area contributed by atoms with Crippen molar-refractivity contribution in [1.29, 1.82) is 0 Å². The maximum Gasteiger partial charge on any atom is 0.154 e. The molecule has 1 saturated carbocycles. The largest absolute Gasteiger partial charge is 0.381 e. The molecule has 0 aliphatic heterocycles. The van der Waals surface area contributed by atoms with Gasteiger partial charge in [-0.05, 0) is 19.4 Å². The van der Waals surface area contributed by atoms with Crippen LogP contribution in [0, 0.1) is 12.3 Å². The highest BCUT2D eigenvalue weighted by atomic mass is 32.2. The lowest BCUT2D eigenvalue weighted by Crippen LogP contribution is -2.29. The monoisotopic (exact) mass is 311 g/mol. The zero-order chi connectivity index (χ0) is 15.7. The van der Waals surface area contributed by atoms with Crippen LogP contribution in [-0.4, -0.2) is 39.2 Å². The molecule has 118 valence electrons. The predicted octanol–water partition coefficient (Wildman–Crippen LogP) is 1.88. The van der Waals surface area contributed by atoms with Gasteiger partial charge in [0.25, 0.3) is 0 Å². The lowest BCUT2D eigenvalue weighted by atomic mass is 9.99. The van der Waals surface area contributed by atoms with Crippen LogP contribution in [0.25, 0.3) is 0 Å². The average molecular weight is 311 g/mol. The maximum atomic E-state index is 12.4. The Morgan fingerprint density at radius 2 is 1.86 bits per heavy atom. The number of hydrogen-bond acceptors (Lipinski definition) is 4. The molecule has 0 amide bonds. The van der Waals surface area contributed by atoms with Crippen molar-refractivity contribution >= 4 is 9.84 Å². The standard InChI is InChI=1S/C16H25NO3S/c1-4-20-11-16(10-17)14(15(16)21(18,19)5-2)13-8-6-12(3)7-9-13/h6-9,14-15H,4-5,10-11,17H2,1-3H3/t14-,15+,16+/m1/s1. The summed E-state index contributed by atoms with van der Waals surface area (Å²) in [7, 11) is -3.14. The second kappa shape index (κ2) is 6.07. The summed E-state index contributed by atoms with van der Waals surface area (Å²) in [5, 5.41) is -0.422. The van der Waals surface area contributed by atoms with Crippen LogP contribution >= 0.6 is 0 Å². The Labute approximate surface area is 127 Å². The quantitative estimate of drug-likeness (QED) is 0.834. The van der Waals surface area contributed by atoms with Crippen molar-refractivity contribution in [3.8, 4) is 0 Å². The molecule has 1 aliphatic rings. The van der Waals surface area contributed by atoms with Gasteiger partial charge >= 0.3 is 0 Å². The summed E-state index contributed by atoms with van der Waals surface area (Å²) in [5.74, 6) is 0.0908. The van der Waals surface area contributed by atoms with E-state index in [4.69, 9.17) is 10.5 Å². The van der Waals surface area contributed by atoms with Crippen LogP contribution in [0.5, 0.6) is 0 Å². The number of ether oxygens (including phenoxy) is 1. The molecule has 21 heavy (non-hydrogen) atoms. The number of hydrogen-bond donors (Lipinski definition) is 1. The lowest BCUT2D eigenvalue weighted by Gasteiger charge is -2.15. The predicted molar refractivity (Wildman–Crippen MR) is 85.1 cm³/mol. The van der Waals surface area contributed by atoms with E-state index in [9.17, 15) is 8.42 Å². The lowest BCUT2D eigenvalue weighted by molar-refractivity contribution is 0.101. The van der Waals surface area contributed by atoms with Crippen LogP contribution in [-0.2, 0) is 14.6 Å². The molecule has 5 heteroatoms. The van der Waals surface area contributed by atoms with Gasteiger partial charge in [0.1, 0.15) is 0 Å². The van der Waals surface area contributed by atoms with E-state index in [2.05, 4.69) is 0 Å². The van der Waals surface area contributed by atoms with Gasteiger partial charge in [-0.2, -0.15) is 0 Å². The number of aryl methyl sites for hydroxylation is 1. The minimum absolute atomic E-state index is 0.0559. The van der Waals surface area contributed by atoms with Crippen molar-refractivity contribution in [1.82, 2.24) is 0 Å². The third-order valence-electron chi connectivity index (χ3n) is 4.56. The first-order valence-electron chi connectivity index (χ1n) is 7.49. The molecule has 0 aromatic heterocycles. The summed E-state index contributed by atoms with van der Waals surface area (Å²) in [6.07, 6.45) is 0. The van der Waals surface area contributed by atoms with Crippen LogP contribution in [0.2, 0.25) is 0 Å². The first-order chi connectivity index (χ1) is 9.93. The highest BCUT2D eigenvalue weighted by Crippen LogP contribution is 2.62. The van der Waals surface area contributed by atoms with Gasteiger partial charge in [0.05, 0.1) is 11.9 Å². The van der Waals surface area contributed by atoms with Crippen molar-refractivity contribution < 1.29 is 13.2 Å². The van der Waals surface area contributed by atoms with Gasteiger partial charge in [-0.1, -0.05) is 36.8 Å². The molecular weight excluding hydrogens is 286 g/mol. The molecule has 0 saturated heterocycles. The summed E-state index contributed by atoms with van der Waals surface area (Å²) in [4.78, 5) is 0. The van der Waals surface area contributed by atoms with E-state index >= 15 is 0 Å². The Morgan fingerprint density at radius 1 is 1.24 bits per heavy atom. The second-order valence-electron chi connectivity index (χ2n) is 5.83. The van der Waals surface area contributed by atoms with Gasteiger partial charge in [0.15, 0.2) is 9.84 Å². The summed E-state index contributed by atoms with van der Waals surface area (Å²) in [6, 6.07) is 8.07. The van der Waals surface area contributed by atoms with Crippen molar-refractivity contribution in [3.05, 3.63) is 35.4 Å². The molecule has 1 aromatic carbocycles. The van der Waals surface area contributed by atoms with Crippen LogP contribution in [0.4, 0.5) is 0 Å². The second-order valence-corrected chi connectivity index (χ2v) is 8.25. The van der Waals surface area contributed by atoms with Gasteiger partial charge in [0, 0.05) is 30.2 Å². The molecular formula is C16H25NO3S. The molecule has 2 rings (SSSR count). The van der Waals surface area contributed by atoms with Crippen molar-refractivity contribution in [2.75, 3.05) is 25.5 Å². The van der Waals surface area contributed by atoms with E-state index in [1.54, 1.807) is 6.92 Å². The maximum absolute atomic E-state index is 12.4. The average Bonchev–Trinajstić information content (AvgIpc) is 3.16. The molecule has 1 aromatic rings. The molecule has 0 unspecified atom stereocenters. The minimum Gasteiger partial charge on any atom is -0.381 e. The third kappa shape index (κ3) is 2.87. The molecule has 4 nitrogen and oxygen atoms in total. The Balaban J connectivity index is 2.38. The normalized spacial score (nSPS) is 28.6. The molecule has 3 atom stereocenters. The summed E-state index contributed by atoms with van der Waals surface area (Å²) in [6.45, 7) is 6.94. The van der Waals surface area contributed by atoms with E-state index in [1.807, 2.05) is 38.1 Å². The van der Waals surface area contributed by atoms with Crippen LogP contribution in [0.15, 0.2) is 24.3 Å². The minimum atomic E-state index is -3.14. The fourth-order valence-corrected chi connectivity index (χ4v) is 5.39. The number of benzene rings is 1. The topological polar surface area (TPSA) is 69.4 Å². The van der Waals surface area contributed by atoms with Crippen LogP contribution in [0.3, 0.4) is 0 Å². The molecule has 0 radical (unpaired) electrons. The Morgan fingerprint density at radius 3 is 2.33 bits per heavy atom. The number of sulfone groups is 1. The van der Waals surface area contributed by atoms with Gasteiger partial charge in [-0.15, -0.1) is 0 Å². The molecule has 2 N–H and O–H groups in total. The van der Waals surface area contributed by atoms with Crippen molar-refractivity contribution in [3.63, 3.8) is 0 Å². The van der Waals surface area contributed by atoms with E-state index in [-0.39, 0.29) is 11.7 Å². The zero-order valence-corrected chi connectivity index (χ0v) is 13.8.